The van der Waals surface area contributed by atoms with Crippen LogP contribution in [0.2, 0.25) is 0 Å². The molecule has 1 heterocycles. The summed E-state index contributed by atoms with van der Waals surface area (Å²) in [5, 5.41) is 6.31. The highest BCUT2D eigenvalue weighted by atomic mass is 32.2. The van der Waals surface area contributed by atoms with Gasteiger partial charge >= 0.3 is 0 Å². The average molecular weight is 264 g/mol. The fraction of sp³-hybridized carbons (Fsp3) is 0.500. The number of carbonyl (C=O) groups excluding carboxylic acids is 1. The van der Waals surface area contributed by atoms with Crippen LogP contribution in [0.1, 0.15) is 31.4 Å². The number of rotatable bonds is 5. The normalized spacial score (nSPS) is 18.2. The Bertz CT molecular complexity index is 409. The summed E-state index contributed by atoms with van der Waals surface area (Å²) in [5.74, 6) is 1.22. The van der Waals surface area contributed by atoms with E-state index in [0.717, 1.165) is 25.3 Å². The maximum absolute atomic E-state index is 11.8. The number of benzene rings is 1. The van der Waals surface area contributed by atoms with Crippen LogP contribution < -0.4 is 10.6 Å². The molecule has 3 nitrogen and oxygen atoms in total. The predicted molar refractivity (Wildman–Crippen MR) is 75.8 cm³/mol. The van der Waals surface area contributed by atoms with Crippen molar-refractivity contribution < 1.29 is 4.79 Å². The maximum Gasteiger partial charge on any atom is 0.221 e. The molecule has 0 saturated carbocycles. The Morgan fingerprint density at radius 3 is 3.11 bits per heavy atom. The van der Waals surface area contributed by atoms with E-state index in [1.807, 2.05) is 24.8 Å². The zero-order valence-electron chi connectivity index (χ0n) is 10.7. The monoisotopic (exact) mass is 264 g/mol. The van der Waals surface area contributed by atoms with Gasteiger partial charge in [0.25, 0.3) is 0 Å². The second-order valence-corrected chi connectivity index (χ2v) is 5.54. The van der Waals surface area contributed by atoms with Gasteiger partial charge in [0.1, 0.15) is 0 Å². The molecular weight excluding hydrogens is 244 g/mol. The van der Waals surface area contributed by atoms with E-state index in [9.17, 15) is 4.79 Å². The molecule has 4 heteroatoms. The molecule has 1 aromatic carbocycles. The van der Waals surface area contributed by atoms with Crippen LogP contribution in [-0.4, -0.2) is 24.7 Å². The molecule has 0 aliphatic carbocycles. The smallest absolute Gasteiger partial charge is 0.221 e. The van der Waals surface area contributed by atoms with Crippen LogP contribution in [0.3, 0.4) is 0 Å². The summed E-state index contributed by atoms with van der Waals surface area (Å²) in [7, 11) is 0. The number of fused-ring (bicyclic) bond motifs is 1. The van der Waals surface area contributed by atoms with Crippen molar-refractivity contribution in [1.82, 2.24) is 10.6 Å². The zero-order valence-corrected chi connectivity index (χ0v) is 11.6. The molecule has 0 bridgehead atoms. The molecule has 1 atom stereocenters. The Morgan fingerprint density at radius 1 is 1.44 bits per heavy atom. The summed E-state index contributed by atoms with van der Waals surface area (Å²) in [5.41, 5.74) is 1.27. The van der Waals surface area contributed by atoms with Crippen LogP contribution >= 0.6 is 11.8 Å². The number of amides is 1. The molecule has 0 fully saturated rings. The highest BCUT2D eigenvalue weighted by molar-refractivity contribution is 7.99. The molecule has 1 unspecified atom stereocenters. The van der Waals surface area contributed by atoms with Crippen LogP contribution in [0, 0.1) is 0 Å². The van der Waals surface area contributed by atoms with Gasteiger partial charge in [0.15, 0.2) is 0 Å². The average Bonchev–Trinajstić information content (AvgIpc) is 2.39. The van der Waals surface area contributed by atoms with Gasteiger partial charge in [-0.2, -0.15) is 0 Å². The van der Waals surface area contributed by atoms with E-state index in [1.54, 1.807) is 0 Å². The van der Waals surface area contributed by atoms with Gasteiger partial charge < -0.3 is 10.6 Å². The fourth-order valence-electron chi connectivity index (χ4n) is 2.14. The topological polar surface area (TPSA) is 41.1 Å². The maximum atomic E-state index is 11.8. The van der Waals surface area contributed by atoms with E-state index in [1.165, 1.54) is 10.5 Å². The van der Waals surface area contributed by atoms with Gasteiger partial charge in [-0.3, -0.25) is 4.79 Å². The van der Waals surface area contributed by atoms with E-state index >= 15 is 0 Å². The van der Waals surface area contributed by atoms with Crippen LogP contribution in [0.25, 0.3) is 0 Å². The molecule has 2 N–H and O–H groups in total. The zero-order chi connectivity index (χ0) is 12.8. The lowest BCUT2D eigenvalue weighted by Gasteiger charge is -2.25. The molecule has 1 aliphatic rings. The number of hydrogen-bond donors (Lipinski definition) is 2. The van der Waals surface area contributed by atoms with Crippen molar-refractivity contribution in [2.24, 2.45) is 0 Å². The van der Waals surface area contributed by atoms with Crippen LogP contribution in [0.4, 0.5) is 0 Å². The van der Waals surface area contributed by atoms with Crippen molar-refractivity contribution in [3.8, 4) is 0 Å². The Labute approximate surface area is 113 Å². The third-order valence-corrected chi connectivity index (χ3v) is 4.20. The van der Waals surface area contributed by atoms with Crippen LogP contribution in [-0.2, 0) is 4.79 Å². The summed E-state index contributed by atoms with van der Waals surface area (Å²) in [6.45, 7) is 3.72. The van der Waals surface area contributed by atoms with Gasteiger partial charge in [-0.05, 0) is 24.6 Å². The molecule has 0 saturated heterocycles. The second kappa shape index (κ2) is 6.81. The minimum Gasteiger partial charge on any atom is -0.349 e. The molecule has 1 aromatic rings. The SMILES string of the molecule is CCNCCC(=O)NC1CCSc2ccccc21. The highest BCUT2D eigenvalue weighted by Crippen LogP contribution is 2.35. The van der Waals surface area contributed by atoms with Gasteiger partial charge in [0.2, 0.25) is 5.91 Å². The fourth-order valence-corrected chi connectivity index (χ4v) is 3.26. The van der Waals surface area contributed by atoms with Gasteiger partial charge in [-0.15, -0.1) is 11.8 Å². The summed E-state index contributed by atoms with van der Waals surface area (Å²) in [6.07, 6.45) is 1.58. The molecule has 1 aliphatic heterocycles. The highest BCUT2D eigenvalue weighted by Gasteiger charge is 2.21. The summed E-state index contributed by atoms with van der Waals surface area (Å²) in [4.78, 5) is 13.1. The van der Waals surface area contributed by atoms with Crippen LogP contribution in [0.5, 0.6) is 0 Å². The first-order valence-electron chi connectivity index (χ1n) is 6.53. The molecule has 2 rings (SSSR count). The van der Waals surface area contributed by atoms with E-state index in [4.69, 9.17) is 0 Å². The minimum atomic E-state index is 0.141. The summed E-state index contributed by atoms with van der Waals surface area (Å²) in [6, 6.07) is 8.55. The van der Waals surface area contributed by atoms with Gasteiger partial charge in [0.05, 0.1) is 6.04 Å². The largest absolute Gasteiger partial charge is 0.349 e. The van der Waals surface area contributed by atoms with Crippen molar-refractivity contribution in [3.05, 3.63) is 29.8 Å². The Hall–Kier alpha value is -1.00. The predicted octanol–water partition coefficient (Wildman–Crippen LogP) is 2.34. The first-order chi connectivity index (χ1) is 8.81. The van der Waals surface area contributed by atoms with Crippen LogP contribution in [0.15, 0.2) is 29.2 Å². The standard InChI is InChI=1S/C14H20N2OS/c1-2-15-9-7-14(17)16-12-8-10-18-13-6-4-3-5-11(12)13/h3-6,12,15H,2,7-10H2,1H3,(H,16,17). The molecular formula is C14H20N2OS. The molecule has 0 aromatic heterocycles. The number of nitrogens with one attached hydrogen (secondary N) is 2. The lowest BCUT2D eigenvalue weighted by atomic mass is 10.0. The van der Waals surface area contributed by atoms with Gasteiger partial charge in [0, 0.05) is 23.6 Å². The van der Waals surface area contributed by atoms with E-state index in [0.29, 0.717) is 6.42 Å². The minimum absolute atomic E-state index is 0.141. The Kier molecular flexibility index (Phi) is 5.08. The third-order valence-electron chi connectivity index (χ3n) is 3.07. The van der Waals surface area contributed by atoms with Crippen molar-refractivity contribution >= 4 is 17.7 Å². The molecule has 18 heavy (non-hydrogen) atoms. The lowest BCUT2D eigenvalue weighted by Crippen LogP contribution is -2.32. The molecule has 98 valence electrons. The third kappa shape index (κ3) is 3.50. The first kappa shape index (κ1) is 13.4. The quantitative estimate of drug-likeness (QED) is 0.802. The Morgan fingerprint density at radius 2 is 2.28 bits per heavy atom. The summed E-state index contributed by atoms with van der Waals surface area (Å²) >= 11 is 1.88. The number of thioether (sulfide) groups is 1. The van der Waals surface area contributed by atoms with Crippen molar-refractivity contribution in [2.75, 3.05) is 18.8 Å². The number of carbonyl (C=O) groups is 1. The van der Waals surface area contributed by atoms with Gasteiger partial charge in [-0.25, -0.2) is 0 Å². The summed E-state index contributed by atoms with van der Waals surface area (Å²) < 4.78 is 0. The van der Waals surface area contributed by atoms with Crippen molar-refractivity contribution in [3.63, 3.8) is 0 Å². The Balaban J connectivity index is 1.92. The van der Waals surface area contributed by atoms with E-state index in [2.05, 4.69) is 28.8 Å². The lowest BCUT2D eigenvalue weighted by molar-refractivity contribution is -0.121. The molecule has 0 spiro atoms. The molecule has 1 amide bonds. The number of hydrogen-bond acceptors (Lipinski definition) is 3. The van der Waals surface area contributed by atoms with Gasteiger partial charge in [-0.1, -0.05) is 25.1 Å². The van der Waals surface area contributed by atoms with Crippen molar-refractivity contribution in [1.29, 1.82) is 0 Å². The van der Waals surface area contributed by atoms with E-state index < -0.39 is 0 Å². The van der Waals surface area contributed by atoms with E-state index in [-0.39, 0.29) is 11.9 Å². The first-order valence-corrected chi connectivity index (χ1v) is 7.51. The van der Waals surface area contributed by atoms with Crippen molar-refractivity contribution in [2.45, 2.75) is 30.7 Å². The second-order valence-electron chi connectivity index (χ2n) is 4.40. The molecule has 0 radical (unpaired) electrons.